The number of hydrogen-bond donors (Lipinski definition) is 1. The van der Waals surface area contributed by atoms with Crippen LogP contribution in [-0.2, 0) is 11.8 Å². The van der Waals surface area contributed by atoms with Crippen molar-refractivity contribution in [2.75, 3.05) is 25.6 Å². The van der Waals surface area contributed by atoms with E-state index in [0.29, 0.717) is 30.2 Å². The van der Waals surface area contributed by atoms with Crippen LogP contribution in [-0.4, -0.2) is 45.4 Å². The van der Waals surface area contributed by atoms with E-state index in [0.717, 1.165) is 44.6 Å². The second-order valence-corrected chi connectivity index (χ2v) is 9.92. The summed E-state index contributed by atoms with van der Waals surface area (Å²) in [4.78, 5) is 17.6. The van der Waals surface area contributed by atoms with Gasteiger partial charge in [0.05, 0.1) is 18.3 Å². The van der Waals surface area contributed by atoms with Crippen LogP contribution >= 0.6 is 0 Å². The first-order valence-electron chi connectivity index (χ1n) is 13.5. The van der Waals surface area contributed by atoms with Gasteiger partial charge < -0.3 is 19.4 Å². The van der Waals surface area contributed by atoms with Gasteiger partial charge in [0.2, 0.25) is 0 Å². The lowest BCUT2D eigenvalue weighted by Crippen LogP contribution is -2.12. The van der Waals surface area contributed by atoms with Crippen molar-refractivity contribution in [3.8, 4) is 28.7 Å². The van der Waals surface area contributed by atoms with E-state index in [9.17, 15) is 4.79 Å². The van der Waals surface area contributed by atoms with E-state index in [-0.39, 0.29) is 5.91 Å². The molecule has 1 amide bonds. The van der Waals surface area contributed by atoms with Gasteiger partial charge in [-0.3, -0.25) is 4.79 Å². The molecule has 0 spiro atoms. The Kier molecular flexibility index (Phi) is 7.41. The van der Waals surface area contributed by atoms with Crippen molar-refractivity contribution in [3.05, 3.63) is 114 Å². The molecule has 0 saturated carbocycles. The summed E-state index contributed by atoms with van der Waals surface area (Å²) >= 11 is 0. The summed E-state index contributed by atoms with van der Waals surface area (Å²) in [7, 11) is 3.66. The SMILES string of the molecule is COCCOc1ccc(-c2cn(C)c3cc(NC(=O)c4ccc(C)c(C#Cc5cnc6cccnn56)c4)ccc23)cc1. The van der Waals surface area contributed by atoms with E-state index in [4.69, 9.17) is 9.47 Å². The van der Waals surface area contributed by atoms with Gasteiger partial charge in [0.15, 0.2) is 5.65 Å². The highest BCUT2D eigenvalue weighted by molar-refractivity contribution is 6.06. The Labute approximate surface area is 243 Å². The smallest absolute Gasteiger partial charge is 0.255 e. The Morgan fingerprint density at radius 3 is 2.69 bits per heavy atom. The number of aryl methyl sites for hydroxylation is 2. The van der Waals surface area contributed by atoms with Gasteiger partial charge >= 0.3 is 0 Å². The predicted octanol–water partition coefficient (Wildman–Crippen LogP) is 5.87. The molecular formula is C34H29N5O3. The molecule has 0 aliphatic rings. The molecule has 0 aliphatic heterocycles. The van der Waals surface area contributed by atoms with Crippen molar-refractivity contribution in [1.29, 1.82) is 0 Å². The fraction of sp³-hybridized carbons (Fsp3) is 0.147. The molecule has 3 heterocycles. The number of methoxy groups -OCH3 is 1. The fourth-order valence-electron chi connectivity index (χ4n) is 4.81. The molecule has 0 bridgehead atoms. The number of fused-ring (bicyclic) bond motifs is 2. The number of carbonyl (C=O) groups excluding carboxylic acids is 1. The van der Waals surface area contributed by atoms with Gasteiger partial charge in [-0.2, -0.15) is 5.10 Å². The van der Waals surface area contributed by atoms with Crippen LogP contribution in [0, 0.1) is 18.8 Å². The third kappa shape index (κ3) is 5.46. The van der Waals surface area contributed by atoms with Gasteiger partial charge in [-0.1, -0.05) is 30.2 Å². The molecule has 0 atom stereocenters. The topological polar surface area (TPSA) is 82.7 Å². The van der Waals surface area contributed by atoms with Crippen LogP contribution in [0.3, 0.4) is 0 Å². The predicted molar refractivity (Wildman–Crippen MR) is 164 cm³/mol. The van der Waals surface area contributed by atoms with Crippen LogP contribution in [0.1, 0.15) is 27.2 Å². The number of aromatic nitrogens is 4. The van der Waals surface area contributed by atoms with Gasteiger partial charge in [-0.15, -0.1) is 0 Å². The third-order valence-electron chi connectivity index (χ3n) is 7.07. The highest BCUT2D eigenvalue weighted by atomic mass is 16.5. The number of ether oxygens (including phenoxy) is 2. The second kappa shape index (κ2) is 11.6. The minimum Gasteiger partial charge on any atom is -0.491 e. The van der Waals surface area contributed by atoms with Crippen LogP contribution in [0.15, 0.2) is 91.4 Å². The van der Waals surface area contributed by atoms with Gasteiger partial charge in [0.25, 0.3) is 5.91 Å². The Hall–Kier alpha value is -5.39. The van der Waals surface area contributed by atoms with Gasteiger partial charge in [-0.05, 0) is 72.5 Å². The molecule has 3 aromatic carbocycles. The van der Waals surface area contributed by atoms with Crippen molar-refractivity contribution >= 4 is 28.1 Å². The molecule has 0 radical (unpaired) electrons. The highest BCUT2D eigenvalue weighted by Gasteiger charge is 2.13. The molecule has 8 heteroatoms. The number of imidazole rings is 1. The Balaban J connectivity index is 1.21. The monoisotopic (exact) mass is 555 g/mol. The maximum absolute atomic E-state index is 13.2. The van der Waals surface area contributed by atoms with Crippen LogP contribution in [0.5, 0.6) is 5.75 Å². The average Bonchev–Trinajstić information content (AvgIpc) is 3.57. The zero-order chi connectivity index (χ0) is 29.1. The maximum Gasteiger partial charge on any atom is 0.255 e. The number of carbonyl (C=O) groups is 1. The second-order valence-electron chi connectivity index (χ2n) is 9.92. The third-order valence-corrected chi connectivity index (χ3v) is 7.07. The van der Waals surface area contributed by atoms with Crippen LogP contribution < -0.4 is 10.1 Å². The molecule has 6 rings (SSSR count). The van der Waals surface area contributed by atoms with E-state index >= 15 is 0 Å². The summed E-state index contributed by atoms with van der Waals surface area (Å²) in [5.74, 6) is 6.93. The van der Waals surface area contributed by atoms with Gasteiger partial charge in [-0.25, -0.2) is 9.50 Å². The minimum absolute atomic E-state index is 0.202. The summed E-state index contributed by atoms with van der Waals surface area (Å²) in [5, 5.41) is 8.45. The molecule has 208 valence electrons. The molecule has 8 nitrogen and oxygen atoms in total. The Morgan fingerprint density at radius 2 is 1.86 bits per heavy atom. The van der Waals surface area contributed by atoms with E-state index < -0.39 is 0 Å². The first-order chi connectivity index (χ1) is 20.5. The Bertz CT molecular complexity index is 1980. The number of anilines is 1. The van der Waals surface area contributed by atoms with E-state index in [1.54, 1.807) is 24.0 Å². The van der Waals surface area contributed by atoms with Crippen molar-refractivity contribution in [1.82, 2.24) is 19.2 Å². The lowest BCUT2D eigenvalue weighted by atomic mass is 10.0. The number of nitrogens with one attached hydrogen (secondary N) is 1. The first kappa shape index (κ1) is 26.8. The molecule has 0 unspecified atom stereocenters. The summed E-state index contributed by atoms with van der Waals surface area (Å²) < 4.78 is 14.5. The molecule has 6 aromatic rings. The van der Waals surface area contributed by atoms with Gasteiger partial charge in [0.1, 0.15) is 18.1 Å². The largest absolute Gasteiger partial charge is 0.491 e. The summed E-state index contributed by atoms with van der Waals surface area (Å²) in [6.45, 7) is 3.03. The molecule has 3 aromatic heterocycles. The normalized spacial score (nSPS) is 10.9. The van der Waals surface area contributed by atoms with Crippen molar-refractivity contribution in [2.24, 2.45) is 7.05 Å². The van der Waals surface area contributed by atoms with E-state index in [1.807, 2.05) is 74.6 Å². The molecule has 0 fully saturated rings. The quantitative estimate of drug-likeness (QED) is 0.197. The van der Waals surface area contributed by atoms with Crippen LogP contribution in [0.2, 0.25) is 0 Å². The maximum atomic E-state index is 13.2. The molecule has 42 heavy (non-hydrogen) atoms. The zero-order valence-electron chi connectivity index (χ0n) is 23.6. The summed E-state index contributed by atoms with van der Waals surface area (Å²) in [5.41, 5.74) is 7.62. The van der Waals surface area contributed by atoms with Crippen molar-refractivity contribution < 1.29 is 14.3 Å². The van der Waals surface area contributed by atoms with Gasteiger partial charge in [0, 0.05) is 54.3 Å². The van der Waals surface area contributed by atoms with Crippen LogP contribution in [0.4, 0.5) is 5.69 Å². The molecule has 0 saturated heterocycles. The van der Waals surface area contributed by atoms with Crippen LogP contribution in [0.25, 0.3) is 27.7 Å². The summed E-state index contributed by atoms with van der Waals surface area (Å²) in [6.07, 6.45) is 5.49. The first-order valence-corrected chi connectivity index (χ1v) is 13.5. The average molecular weight is 556 g/mol. The van der Waals surface area contributed by atoms with E-state index in [1.165, 1.54) is 0 Å². The Morgan fingerprint density at radius 1 is 1.00 bits per heavy atom. The van der Waals surface area contributed by atoms with Crippen molar-refractivity contribution in [2.45, 2.75) is 6.92 Å². The number of rotatable bonds is 7. The van der Waals surface area contributed by atoms with Crippen molar-refractivity contribution in [3.63, 3.8) is 0 Å². The number of benzene rings is 3. The lowest BCUT2D eigenvalue weighted by molar-refractivity contribution is 0.102. The highest BCUT2D eigenvalue weighted by Crippen LogP contribution is 2.33. The lowest BCUT2D eigenvalue weighted by Gasteiger charge is -2.08. The number of amides is 1. The zero-order valence-corrected chi connectivity index (χ0v) is 23.6. The fourth-order valence-corrected chi connectivity index (χ4v) is 4.81. The number of hydrogen-bond acceptors (Lipinski definition) is 5. The number of nitrogens with zero attached hydrogens (tertiary/aromatic N) is 4. The molecular weight excluding hydrogens is 526 g/mol. The molecule has 0 aliphatic carbocycles. The molecule has 1 N–H and O–H groups in total. The van der Waals surface area contributed by atoms with E-state index in [2.05, 4.69) is 50.1 Å². The minimum atomic E-state index is -0.202. The standard InChI is InChI=1S/C34H29N5O3/c1-23-6-7-26(19-25(23)8-12-28-21-35-33-5-4-16-36-39(28)33)34(40)37-27-11-15-30-31(22-38(2)32(30)20-27)24-9-13-29(14-10-24)42-18-17-41-3/h4-7,9-11,13-16,19-22H,17-18H2,1-3H3,(H,37,40). The summed E-state index contributed by atoms with van der Waals surface area (Å²) in [6, 6.07) is 23.2.